The van der Waals surface area contributed by atoms with E-state index in [0.29, 0.717) is 12.4 Å². The fraction of sp³-hybridized carbons (Fsp3) is 0.250. The van der Waals surface area contributed by atoms with Crippen LogP contribution in [0.1, 0.15) is 12.8 Å². The first-order valence-electron chi connectivity index (χ1n) is 7.15. The van der Waals surface area contributed by atoms with Gasteiger partial charge in [0.2, 0.25) is 0 Å². The first-order valence-corrected chi connectivity index (χ1v) is 7.15. The summed E-state index contributed by atoms with van der Waals surface area (Å²) in [6.45, 7) is 0.321. The van der Waals surface area contributed by atoms with Gasteiger partial charge in [0.25, 0.3) is 5.95 Å². The summed E-state index contributed by atoms with van der Waals surface area (Å²) in [6.07, 6.45) is 5.38. The number of halogens is 1. The lowest BCUT2D eigenvalue weighted by molar-refractivity contribution is 0.264. The summed E-state index contributed by atoms with van der Waals surface area (Å²) in [6, 6.07) is 8.93. The number of fused-ring (bicyclic) bond motifs is 1. The molecule has 4 rings (SSSR count). The minimum Gasteiger partial charge on any atom is -0.487 e. The Kier molecular flexibility index (Phi) is 2.87. The number of hydrogen-bond donors (Lipinski definition) is 1. The first kappa shape index (κ1) is 13.2. The summed E-state index contributed by atoms with van der Waals surface area (Å²) in [5.74, 6) is -0.00992. The number of ether oxygens (including phenoxy) is 1. The summed E-state index contributed by atoms with van der Waals surface area (Å²) < 4.78 is 21.4. The van der Waals surface area contributed by atoms with Crippen molar-refractivity contribution >= 4 is 11.0 Å². The Hall–Kier alpha value is -2.47. The molecule has 0 amide bonds. The van der Waals surface area contributed by atoms with Crippen LogP contribution in [0.2, 0.25) is 0 Å². The highest BCUT2D eigenvalue weighted by atomic mass is 19.1. The van der Waals surface area contributed by atoms with E-state index in [1.165, 1.54) is 0 Å². The molecule has 2 N–H and O–H groups in total. The Bertz CT molecular complexity index is 841. The zero-order valence-electron chi connectivity index (χ0n) is 11.9. The maximum Gasteiger partial charge on any atom is 0.257 e. The number of rotatable bonds is 4. The standard InChI is InChI=1S/C16H15FN4O/c17-15-13(22-10-16(18)6-7-16)3-4-14(20-15)21-9-5-11-12(21)2-1-8-19-11/h1-5,8-9H,6-7,10,18H2. The molecular formula is C16H15FN4O. The third kappa shape index (κ3) is 2.31. The Morgan fingerprint density at radius 1 is 1.27 bits per heavy atom. The molecule has 1 saturated carbocycles. The van der Waals surface area contributed by atoms with Gasteiger partial charge in [-0.15, -0.1) is 0 Å². The molecule has 1 fully saturated rings. The van der Waals surface area contributed by atoms with E-state index >= 15 is 0 Å². The Balaban J connectivity index is 1.64. The normalized spacial score (nSPS) is 15.9. The molecule has 0 radical (unpaired) electrons. The summed E-state index contributed by atoms with van der Waals surface area (Å²) >= 11 is 0. The van der Waals surface area contributed by atoms with Crippen molar-refractivity contribution in [1.82, 2.24) is 14.5 Å². The average molecular weight is 298 g/mol. The van der Waals surface area contributed by atoms with E-state index in [1.54, 1.807) is 22.9 Å². The molecule has 5 nitrogen and oxygen atoms in total. The highest BCUT2D eigenvalue weighted by molar-refractivity contribution is 5.77. The summed E-state index contributed by atoms with van der Waals surface area (Å²) in [5, 5.41) is 0. The highest BCUT2D eigenvalue weighted by Crippen LogP contribution is 2.33. The van der Waals surface area contributed by atoms with Gasteiger partial charge in [0, 0.05) is 12.4 Å². The van der Waals surface area contributed by atoms with E-state index in [4.69, 9.17) is 10.5 Å². The summed E-state index contributed by atoms with van der Waals surface area (Å²) in [4.78, 5) is 8.24. The van der Waals surface area contributed by atoms with E-state index in [9.17, 15) is 4.39 Å². The van der Waals surface area contributed by atoms with Gasteiger partial charge in [-0.05, 0) is 43.2 Å². The van der Waals surface area contributed by atoms with Gasteiger partial charge in [0.1, 0.15) is 12.4 Å². The van der Waals surface area contributed by atoms with Crippen molar-refractivity contribution in [3.63, 3.8) is 0 Å². The lowest BCUT2D eigenvalue weighted by Gasteiger charge is -2.12. The monoisotopic (exact) mass is 298 g/mol. The second-order valence-corrected chi connectivity index (χ2v) is 5.70. The van der Waals surface area contributed by atoms with Crippen LogP contribution in [0.25, 0.3) is 16.9 Å². The maximum atomic E-state index is 14.1. The maximum absolute atomic E-state index is 14.1. The van der Waals surface area contributed by atoms with Crippen LogP contribution in [-0.2, 0) is 0 Å². The molecule has 1 aliphatic carbocycles. The number of pyridine rings is 2. The number of nitrogens with zero attached hydrogens (tertiary/aromatic N) is 3. The Morgan fingerprint density at radius 2 is 2.14 bits per heavy atom. The van der Waals surface area contributed by atoms with Gasteiger partial charge < -0.3 is 10.5 Å². The first-order chi connectivity index (χ1) is 10.6. The molecule has 0 saturated heterocycles. The van der Waals surface area contributed by atoms with Gasteiger partial charge >= 0.3 is 0 Å². The van der Waals surface area contributed by atoms with Gasteiger partial charge in [-0.1, -0.05) is 0 Å². The van der Waals surface area contributed by atoms with Crippen LogP contribution in [0.15, 0.2) is 42.7 Å². The molecule has 0 atom stereocenters. The molecule has 3 aromatic rings. The highest BCUT2D eigenvalue weighted by Gasteiger charge is 2.39. The minimum absolute atomic E-state index is 0.134. The number of nitrogens with two attached hydrogens (primary N) is 1. The second kappa shape index (κ2) is 4.78. The van der Waals surface area contributed by atoms with Crippen LogP contribution in [0.5, 0.6) is 5.75 Å². The van der Waals surface area contributed by atoms with E-state index in [0.717, 1.165) is 23.9 Å². The minimum atomic E-state index is -0.632. The SMILES string of the molecule is NC1(COc2ccc(-n3ccc4ncccc43)nc2F)CC1. The fourth-order valence-corrected chi connectivity index (χ4v) is 2.35. The second-order valence-electron chi connectivity index (χ2n) is 5.70. The van der Waals surface area contributed by atoms with Gasteiger partial charge in [-0.3, -0.25) is 9.55 Å². The molecule has 112 valence electrons. The molecular weight excluding hydrogens is 283 g/mol. The zero-order valence-corrected chi connectivity index (χ0v) is 11.9. The third-order valence-corrected chi connectivity index (χ3v) is 3.91. The van der Waals surface area contributed by atoms with Gasteiger partial charge in [0.05, 0.1) is 16.6 Å². The molecule has 0 spiro atoms. The molecule has 0 unspecified atom stereocenters. The predicted molar refractivity (Wildman–Crippen MR) is 80.5 cm³/mol. The van der Waals surface area contributed by atoms with Gasteiger partial charge in [-0.2, -0.15) is 9.37 Å². The van der Waals surface area contributed by atoms with E-state index in [-0.39, 0.29) is 11.3 Å². The van der Waals surface area contributed by atoms with Crippen molar-refractivity contribution < 1.29 is 9.13 Å². The molecule has 0 bridgehead atoms. The van der Waals surface area contributed by atoms with Gasteiger partial charge in [-0.25, -0.2) is 0 Å². The van der Waals surface area contributed by atoms with E-state index < -0.39 is 5.95 Å². The predicted octanol–water partition coefficient (Wildman–Crippen LogP) is 2.43. The summed E-state index contributed by atoms with van der Waals surface area (Å²) in [5.41, 5.74) is 7.36. The number of hydrogen-bond acceptors (Lipinski definition) is 4. The molecule has 0 aliphatic heterocycles. The van der Waals surface area contributed by atoms with Crippen LogP contribution in [0, 0.1) is 5.95 Å². The van der Waals surface area contributed by atoms with Crippen LogP contribution < -0.4 is 10.5 Å². The van der Waals surface area contributed by atoms with Crippen molar-refractivity contribution in [2.75, 3.05) is 6.61 Å². The van der Waals surface area contributed by atoms with Crippen LogP contribution in [0.4, 0.5) is 4.39 Å². The quantitative estimate of drug-likeness (QED) is 0.751. The third-order valence-electron chi connectivity index (χ3n) is 3.91. The number of aromatic nitrogens is 3. The van der Waals surface area contributed by atoms with Crippen molar-refractivity contribution in [3.05, 3.63) is 48.7 Å². The largest absolute Gasteiger partial charge is 0.487 e. The average Bonchev–Trinajstić information content (AvgIpc) is 3.11. The molecule has 3 heterocycles. The lowest BCUT2D eigenvalue weighted by atomic mass is 10.3. The van der Waals surface area contributed by atoms with E-state index in [1.807, 2.05) is 24.4 Å². The smallest absolute Gasteiger partial charge is 0.257 e. The van der Waals surface area contributed by atoms with Crippen molar-refractivity contribution in [2.24, 2.45) is 5.73 Å². The fourth-order valence-electron chi connectivity index (χ4n) is 2.35. The van der Waals surface area contributed by atoms with E-state index in [2.05, 4.69) is 9.97 Å². The van der Waals surface area contributed by atoms with Crippen molar-refractivity contribution in [3.8, 4) is 11.6 Å². The van der Waals surface area contributed by atoms with Crippen LogP contribution in [-0.4, -0.2) is 26.7 Å². The van der Waals surface area contributed by atoms with Crippen molar-refractivity contribution in [1.29, 1.82) is 0 Å². The topological polar surface area (TPSA) is 66.0 Å². The molecule has 0 aromatic carbocycles. The molecule has 22 heavy (non-hydrogen) atoms. The summed E-state index contributed by atoms with van der Waals surface area (Å²) in [7, 11) is 0. The van der Waals surface area contributed by atoms with Crippen LogP contribution in [0.3, 0.4) is 0 Å². The zero-order chi connectivity index (χ0) is 15.2. The Labute approximate surface area is 126 Å². The van der Waals surface area contributed by atoms with Gasteiger partial charge in [0.15, 0.2) is 5.75 Å². The Morgan fingerprint density at radius 3 is 2.91 bits per heavy atom. The lowest BCUT2D eigenvalue weighted by Crippen LogP contribution is -2.30. The van der Waals surface area contributed by atoms with Crippen molar-refractivity contribution in [2.45, 2.75) is 18.4 Å². The molecule has 1 aliphatic rings. The molecule has 3 aromatic heterocycles. The molecule has 6 heteroatoms. The van der Waals surface area contributed by atoms with Crippen LogP contribution >= 0.6 is 0 Å².